The van der Waals surface area contributed by atoms with E-state index in [1.807, 2.05) is 0 Å². The number of non-ortho nitro benzene ring substituents is 1. The number of furan rings is 2. The quantitative estimate of drug-likeness (QED) is 0.0831. The molecule has 0 unspecified atom stereocenters. The number of nitrogens with zero attached hydrogens (tertiary/aromatic N) is 3. The van der Waals surface area contributed by atoms with E-state index in [-0.39, 0.29) is 17.2 Å². The molecule has 38 heavy (non-hydrogen) atoms. The Morgan fingerprint density at radius 3 is 1.84 bits per heavy atom. The van der Waals surface area contributed by atoms with Crippen molar-refractivity contribution in [2.75, 3.05) is 5.73 Å². The SMILES string of the molecule is NC(=NN=C(N)NC(=O)c1ccc(-c2ccccc2N)o1)NC(=O)c1ccc(-c2ccc([N+](=O)[O-])cc2)o1. The second kappa shape index (κ2) is 10.8. The standard InChI is InChI=1S/C24H20N8O6/c25-16-4-2-1-3-15(16)18-10-12-20(38-18)22(34)29-24(27)31-30-23(26)28-21(33)19-11-9-17(37-19)13-5-7-14(8-6-13)32(35)36/h1-12H,25H2,(H3,26,28,30,33)(H3,27,29,31,34). The Morgan fingerprint density at radius 2 is 1.29 bits per heavy atom. The Kier molecular flexibility index (Phi) is 7.14. The van der Waals surface area contributed by atoms with Crippen molar-refractivity contribution in [2.24, 2.45) is 21.7 Å². The summed E-state index contributed by atoms with van der Waals surface area (Å²) >= 11 is 0. The number of anilines is 1. The molecule has 2 heterocycles. The summed E-state index contributed by atoms with van der Waals surface area (Å²) in [7, 11) is 0. The summed E-state index contributed by atoms with van der Waals surface area (Å²) in [6.07, 6.45) is 0. The fourth-order valence-electron chi connectivity index (χ4n) is 3.20. The summed E-state index contributed by atoms with van der Waals surface area (Å²) < 4.78 is 11.0. The minimum atomic E-state index is -0.736. The second-order valence-electron chi connectivity index (χ2n) is 7.60. The van der Waals surface area contributed by atoms with Gasteiger partial charge in [0, 0.05) is 28.9 Å². The maximum Gasteiger partial charge on any atom is 0.293 e. The summed E-state index contributed by atoms with van der Waals surface area (Å²) in [5.41, 5.74) is 18.8. The summed E-state index contributed by atoms with van der Waals surface area (Å²) in [4.78, 5) is 35.0. The topological polar surface area (TPSA) is 230 Å². The monoisotopic (exact) mass is 516 g/mol. The minimum Gasteiger partial charge on any atom is -0.451 e. The first kappa shape index (κ1) is 25.2. The van der Waals surface area contributed by atoms with E-state index >= 15 is 0 Å². The fraction of sp³-hybridized carbons (Fsp3) is 0. The number of benzene rings is 2. The van der Waals surface area contributed by atoms with Crippen LogP contribution < -0.4 is 27.8 Å². The Morgan fingerprint density at radius 1 is 0.763 bits per heavy atom. The molecule has 0 fully saturated rings. The smallest absolute Gasteiger partial charge is 0.293 e. The molecular weight excluding hydrogens is 496 g/mol. The van der Waals surface area contributed by atoms with Gasteiger partial charge in [0.05, 0.1) is 4.92 Å². The average molecular weight is 516 g/mol. The van der Waals surface area contributed by atoms with Crippen molar-refractivity contribution in [3.05, 3.63) is 94.4 Å². The first-order valence-electron chi connectivity index (χ1n) is 10.8. The van der Waals surface area contributed by atoms with Crippen LogP contribution in [0.2, 0.25) is 0 Å². The van der Waals surface area contributed by atoms with Crippen LogP contribution in [0, 0.1) is 10.1 Å². The van der Waals surface area contributed by atoms with Crippen LogP contribution in [0.3, 0.4) is 0 Å². The molecule has 0 bridgehead atoms. The molecule has 0 spiro atoms. The van der Waals surface area contributed by atoms with Gasteiger partial charge in [-0.15, -0.1) is 10.2 Å². The molecule has 0 aliphatic heterocycles. The van der Waals surface area contributed by atoms with E-state index in [1.54, 1.807) is 30.3 Å². The number of hydrogen-bond acceptors (Lipinski definition) is 9. The first-order chi connectivity index (χ1) is 18.2. The van der Waals surface area contributed by atoms with E-state index in [4.69, 9.17) is 26.0 Å². The summed E-state index contributed by atoms with van der Waals surface area (Å²) in [6, 6.07) is 18.5. The number of nitrogens with one attached hydrogen (secondary N) is 2. The van der Waals surface area contributed by atoms with Crippen LogP contribution in [0.1, 0.15) is 21.1 Å². The average Bonchev–Trinajstić information content (AvgIpc) is 3.59. The summed E-state index contributed by atoms with van der Waals surface area (Å²) in [5, 5.41) is 22.4. The molecule has 2 amide bonds. The Balaban J connectivity index is 1.35. The van der Waals surface area contributed by atoms with Crippen molar-refractivity contribution < 1.29 is 23.3 Å². The van der Waals surface area contributed by atoms with Crippen LogP contribution in [0.5, 0.6) is 0 Å². The number of amides is 2. The molecular formula is C24H20N8O6. The highest BCUT2D eigenvalue weighted by atomic mass is 16.6. The predicted octanol–water partition coefficient (Wildman–Crippen LogP) is 2.40. The number of nitro benzene ring substituents is 1. The maximum absolute atomic E-state index is 12.4. The number of hydrogen-bond donors (Lipinski definition) is 5. The normalized spacial score (nSPS) is 11.7. The molecule has 14 heteroatoms. The van der Waals surface area contributed by atoms with Gasteiger partial charge in [-0.3, -0.25) is 30.3 Å². The number of para-hydroxylation sites is 1. The largest absolute Gasteiger partial charge is 0.451 e. The summed E-state index contributed by atoms with van der Waals surface area (Å²) in [6.45, 7) is 0. The predicted molar refractivity (Wildman–Crippen MR) is 138 cm³/mol. The molecule has 14 nitrogen and oxygen atoms in total. The zero-order chi connectivity index (χ0) is 27.2. The molecule has 0 radical (unpaired) electrons. The lowest BCUT2D eigenvalue weighted by Gasteiger charge is -2.03. The number of rotatable bonds is 6. The van der Waals surface area contributed by atoms with Gasteiger partial charge in [0.15, 0.2) is 11.5 Å². The van der Waals surface area contributed by atoms with Crippen molar-refractivity contribution in [2.45, 2.75) is 0 Å². The Hall–Kier alpha value is -5.92. The van der Waals surface area contributed by atoms with E-state index < -0.39 is 28.7 Å². The van der Waals surface area contributed by atoms with E-state index in [2.05, 4.69) is 20.8 Å². The number of carbonyl (C=O) groups excluding carboxylic acids is 2. The van der Waals surface area contributed by atoms with Crippen LogP contribution in [0.25, 0.3) is 22.6 Å². The second-order valence-corrected chi connectivity index (χ2v) is 7.60. The third kappa shape index (κ3) is 5.83. The van der Waals surface area contributed by atoms with Gasteiger partial charge in [-0.25, -0.2) is 0 Å². The number of nitro groups is 1. The highest BCUT2D eigenvalue weighted by Gasteiger charge is 2.16. The van der Waals surface area contributed by atoms with Gasteiger partial charge in [-0.2, -0.15) is 0 Å². The molecule has 4 rings (SSSR count). The summed E-state index contributed by atoms with van der Waals surface area (Å²) in [5.74, 6) is -1.73. The number of guanidine groups is 2. The molecule has 0 saturated carbocycles. The molecule has 2 aromatic carbocycles. The van der Waals surface area contributed by atoms with E-state index in [1.165, 1.54) is 42.5 Å². The van der Waals surface area contributed by atoms with Gasteiger partial charge in [0.1, 0.15) is 11.5 Å². The first-order valence-corrected chi connectivity index (χ1v) is 10.8. The molecule has 0 aliphatic carbocycles. The molecule has 4 aromatic rings. The Bertz CT molecular complexity index is 1570. The highest BCUT2D eigenvalue weighted by molar-refractivity contribution is 6.05. The minimum absolute atomic E-state index is 0.0479. The van der Waals surface area contributed by atoms with Crippen molar-refractivity contribution in [3.8, 4) is 22.6 Å². The zero-order valence-corrected chi connectivity index (χ0v) is 19.5. The molecule has 2 aromatic heterocycles. The number of carbonyl (C=O) groups is 2. The van der Waals surface area contributed by atoms with E-state index in [9.17, 15) is 19.7 Å². The molecule has 8 N–H and O–H groups in total. The van der Waals surface area contributed by atoms with E-state index in [0.29, 0.717) is 28.3 Å². The molecule has 0 atom stereocenters. The van der Waals surface area contributed by atoms with Gasteiger partial charge >= 0.3 is 0 Å². The Labute approximate surface area is 214 Å². The van der Waals surface area contributed by atoms with Crippen molar-refractivity contribution in [1.82, 2.24) is 10.6 Å². The van der Waals surface area contributed by atoms with Crippen LogP contribution in [0.15, 0.2) is 91.8 Å². The van der Waals surface area contributed by atoms with Gasteiger partial charge in [0.2, 0.25) is 11.9 Å². The number of nitrogens with two attached hydrogens (primary N) is 3. The third-order valence-electron chi connectivity index (χ3n) is 5.00. The van der Waals surface area contributed by atoms with Crippen LogP contribution in [-0.2, 0) is 0 Å². The van der Waals surface area contributed by atoms with Gasteiger partial charge in [-0.1, -0.05) is 12.1 Å². The van der Waals surface area contributed by atoms with Crippen molar-refractivity contribution >= 4 is 35.1 Å². The van der Waals surface area contributed by atoms with Crippen molar-refractivity contribution in [3.63, 3.8) is 0 Å². The lowest BCUT2D eigenvalue weighted by molar-refractivity contribution is -0.384. The van der Waals surface area contributed by atoms with Crippen LogP contribution in [-0.4, -0.2) is 28.7 Å². The fourth-order valence-corrected chi connectivity index (χ4v) is 3.20. The maximum atomic E-state index is 12.4. The van der Waals surface area contributed by atoms with Gasteiger partial charge in [-0.05, 0) is 48.5 Å². The van der Waals surface area contributed by atoms with Crippen LogP contribution >= 0.6 is 0 Å². The lowest BCUT2D eigenvalue weighted by Crippen LogP contribution is -2.38. The van der Waals surface area contributed by atoms with Gasteiger partial charge in [0.25, 0.3) is 17.5 Å². The van der Waals surface area contributed by atoms with Crippen LogP contribution in [0.4, 0.5) is 11.4 Å². The van der Waals surface area contributed by atoms with Crippen molar-refractivity contribution in [1.29, 1.82) is 0 Å². The third-order valence-corrected chi connectivity index (χ3v) is 5.00. The highest BCUT2D eigenvalue weighted by Crippen LogP contribution is 2.27. The van der Waals surface area contributed by atoms with Gasteiger partial charge < -0.3 is 26.0 Å². The van der Waals surface area contributed by atoms with E-state index in [0.717, 1.165) is 0 Å². The molecule has 0 aliphatic rings. The molecule has 0 saturated heterocycles. The lowest BCUT2D eigenvalue weighted by atomic mass is 10.1. The number of nitrogen functional groups attached to an aromatic ring is 1. The molecule has 192 valence electrons. The zero-order valence-electron chi connectivity index (χ0n) is 19.5.